The summed E-state index contributed by atoms with van der Waals surface area (Å²) in [5, 5.41) is 7.10. The van der Waals surface area contributed by atoms with Crippen molar-refractivity contribution in [1.29, 1.82) is 0 Å². The summed E-state index contributed by atoms with van der Waals surface area (Å²) < 4.78 is 8.17. The summed E-state index contributed by atoms with van der Waals surface area (Å²) >= 11 is 0. The van der Waals surface area contributed by atoms with E-state index < -0.39 is 0 Å². The molecule has 0 unspecified atom stereocenters. The number of piperazine rings is 1. The van der Waals surface area contributed by atoms with Crippen molar-refractivity contribution < 1.29 is 4.74 Å². The lowest BCUT2D eigenvalue weighted by atomic mass is 10.1. The SMILES string of the molecule is Cc1cc(N2CCN(CCOc3cccc4ccccc34)CC2)n2ncc(-c3ccccc3)c2n1. The third-order valence-electron chi connectivity index (χ3n) is 6.78. The Morgan fingerprint density at radius 2 is 1.63 bits per heavy atom. The van der Waals surface area contributed by atoms with Crippen molar-refractivity contribution in [1.82, 2.24) is 19.5 Å². The summed E-state index contributed by atoms with van der Waals surface area (Å²) in [6.07, 6.45) is 1.93. The van der Waals surface area contributed by atoms with Gasteiger partial charge in [0.15, 0.2) is 5.65 Å². The van der Waals surface area contributed by atoms with Crippen LogP contribution >= 0.6 is 0 Å². The predicted molar refractivity (Wildman–Crippen MR) is 141 cm³/mol. The van der Waals surface area contributed by atoms with Gasteiger partial charge in [0.05, 0.1) is 6.20 Å². The molecule has 0 amide bonds. The summed E-state index contributed by atoms with van der Waals surface area (Å²) in [6, 6.07) is 27.1. The van der Waals surface area contributed by atoms with Crippen molar-refractivity contribution in [3.8, 4) is 16.9 Å². The monoisotopic (exact) mass is 463 g/mol. The molecule has 6 nitrogen and oxygen atoms in total. The zero-order chi connectivity index (χ0) is 23.6. The smallest absolute Gasteiger partial charge is 0.165 e. The third kappa shape index (κ3) is 4.33. The number of hydrogen-bond donors (Lipinski definition) is 0. The average Bonchev–Trinajstić information content (AvgIpc) is 3.33. The molecule has 3 heterocycles. The Kier molecular flexibility index (Phi) is 5.80. The Morgan fingerprint density at radius 3 is 2.49 bits per heavy atom. The van der Waals surface area contributed by atoms with Crippen LogP contribution in [0, 0.1) is 6.92 Å². The number of benzene rings is 3. The van der Waals surface area contributed by atoms with E-state index in [-0.39, 0.29) is 0 Å². The summed E-state index contributed by atoms with van der Waals surface area (Å²) in [4.78, 5) is 9.72. The van der Waals surface area contributed by atoms with Crippen LogP contribution in [-0.4, -0.2) is 58.8 Å². The van der Waals surface area contributed by atoms with Crippen LogP contribution in [0.3, 0.4) is 0 Å². The van der Waals surface area contributed by atoms with Gasteiger partial charge < -0.3 is 9.64 Å². The van der Waals surface area contributed by atoms with Crippen LogP contribution < -0.4 is 9.64 Å². The zero-order valence-corrected chi connectivity index (χ0v) is 20.0. The van der Waals surface area contributed by atoms with Crippen LogP contribution in [0.2, 0.25) is 0 Å². The largest absolute Gasteiger partial charge is 0.492 e. The highest BCUT2D eigenvalue weighted by atomic mass is 16.5. The molecule has 176 valence electrons. The van der Waals surface area contributed by atoms with E-state index in [2.05, 4.69) is 89.5 Å². The second-order valence-electron chi connectivity index (χ2n) is 9.07. The van der Waals surface area contributed by atoms with E-state index in [1.165, 1.54) is 10.8 Å². The molecule has 1 aliphatic heterocycles. The maximum absolute atomic E-state index is 6.17. The summed E-state index contributed by atoms with van der Waals surface area (Å²) in [5.74, 6) is 2.07. The fourth-order valence-electron chi connectivity index (χ4n) is 4.92. The van der Waals surface area contributed by atoms with Crippen molar-refractivity contribution >= 4 is 22.2 Å². The zero-order valence-electron chi connectivity index (χ0n) is 20.0. The first-order valence-corrected chi connectivity index (χ1v) is 12.2. The van der Waals surface area contributed by atoms with Gasteiger partial charge in [0.25, 0.3) is 0 Å². The molecule has 1 aliphatic rings. The molecular weight excluding hydrogens is 434 g/mol. The number of ether oxygens (including phenoxy) is 1. The van der Waals surface area contributed by atoms with Crippen molar-refractivity contribution in [2.24, 2.45) is 0 Å². The number of aryl methyl sites for hydroxylation is 1. The van der Waals surface area contributed by atoms with E-state index in [1.807, 2.05) is 16.8 Å². The molecular formula is C29H29N5O. The number of aromatic nitrogens is 3. The average molecular weight is 464 g/mol. The molecule has 1 fully saturated rings. The van der Waals surface area contributed by atoms with Gasteiger partial charge in [0.2, 0.25) is 0 Å². The van der Waals surface area contributed by atoms with Crippen LogP contribution in [0.25, 0.3) is 27.5 Å². The minimum Gasteiger partial charge on any atom is -0.492 e. The van der Waals surface area contributed by atoms with Gasteiger partial charge in [-0.1, -0.05) is 66.7 Å². The number of fused-ring (bicyclic) bond motifs is 2. The lowest BCUT2D eigenvalue weighted by Crippen LogP contribution is -2.48. The van der Waals surface area contributed by atoms with E-state index in [0.29, 0.717) is 6.61 Å². The van der Waals surface area contributed by atoms with Crippen LogP contribution in [0.4, 0.5) is 5.82 Å². The van der Waals surface area contributed by atoms with E-state index >= 15 is 0 Å². The molecule has 3 aromatic carbocycles. The van der Waals surface area contributed by atoms with Crippen LogP contribution in [0.5, 0.6) is 5.75 Å². The topological polar surface area (TPSA) is 45.9 Å². The predicted octanol–water partition coefficient (Wildman–Crippen LogP) is 5.06. The standard InChI is InChI=1S/C29H29N5O/c1-22-20-28(34-29(31-22)26(21-30-34)24-8-3-2-4-9-24)33-16-14-32(15-17-33)18-19-35-27-13-7-11-23-10-5-6-12-25(23)27/h2-13,20-21H,14-19H2,1H3. The van der Waals surface area contributed by atoms with Crippen molar-refractivity contribution in [3.63, 3.8) is 0 Å². The van der Waals surface area contributed by atoms with E-state index in [1.54, 1.807) is 0 Å². The number of hydrogen-bond acceptors (Lipinski definition) is 5. The molecule has 0 spiro atoms. The van der Waals surface area contributed by atoms with E-state index in [4.69, 9.17) is 14.8 Å². The van der Waals surface area contributed by atoms with Crippen LogP contribution in [-0.2, 0) is 0 Å². The molecule has 0 bridgehead atoms. The van der Waals surface area contributed by atoms with Gasteiger partial charge in [-0.05, 0) is 23.9 Å². The Morgan fingerprint density at radius 1 is 0.857 bits per heavy atom. The van der Waals surface area contributed by atoms with Gasteiger partial charge in [0.1, 0.15) is 18.2 Å². The summed E-state index contributed by atoms with van der Waals surface area (Å²) in [6.45, 7) is 7.56. The van der Waals surface area contributed by atoms with Crippen molar-refractivity contribution in [2.45, 2.75) is 6.92 Å². The Balaban J connectivity index is 1.12. The number of nitrogens with zero attached hydrogens (tertiary/aromatic N) is 5. The van der Waals surface area contributed by atoms with Gasteiger partial charge >= 0.3 is 0 Å². The van der Waals surface area contributed by atoms with Crippen molar-refractivity contribution in [3.05, 3.63) is 90.8 Å². The van der Waals surface area contributed by atoms with Gasteiger partial charge in [-0.15, -0.1) is 0 Å². The first-order chi connectivity index (χ1) is 17.3. The molecule has 5 aromatic rings. The van der Waals surface area contributed by atoms with Gasteiger partial charge in [-0.3, -0.25) is 4.90 Å². The molecule has 0 radical (unpaired) electrons. The lowest BCUT2D eigenvalue weighted by Gasteiger charge is -2.36. The fourth-order valence-corrected chi connectivity index (χ4v) is 4.92. The summed E-state index contributed by atoms with van der Waals surface area (Å²) in [7, 11) is 0. The Hall–Kier alpha value is -3.90. The molecule has 1 saturated heterocycles. The third-order valence-corrected chi connectivity index (χ3v) is 6.78. The molecule has 6 heteroatoms. The van der Waals surface area contributed by atoms with Crippen molar-refractivity contribution in [2.75, 3.05) is 44.2 Å². The highest BCUT2D eigenvalue weighted by Gasteiger charge is 2.21. The van der Waals surface area contributed by atoms with Crippen LogP contribution in [0.15, 0.2) is 85.1 Å². The second kappa shape index (κ2) is 9.39. The van der Waals surface area contributed by atoms with Gasteiger partial charge in [-0.25, -0.2) is 4.98 Å². The molecule has 0 atom stereocenters. The molecule has 0 N–H and O–H groups in total. The van der Waals surface area contributed by atoms with E-state index in [9.17, 15) is 0 Å². The quantitative estimate of drug-likeness (QED) is 0.352. The maximum atomic E-state index is 6.17. The fraction of sp³-hybridized carbons (Fsp3) is 0.241. The Labute approximate surface area is 205 Å². The molecule has 35 heavy (non-hydrogen) atoms. The molecule has 6 rings (SSSR count). The number of rotatable bonds is 6. The highest BCUT2D eigenvalue weighted by Crippen LogP contribution is 2.28. The van der Waals surface area contributed by atoms with Crippen LogP contribution in [0.1, 0.15) is 5.69 Å². The first-order valence-electron chi connectivity index (χ1n) is 12.2. The maximum Gasteiger partial charge on any atom is 0.165 e. The molecule has 2 aromatic heterocycles. The first kappa shape index (κ1) is 21.6. The molecule has 0 aliphatic carbocycles. The number of anilines is 1. The van der Waals surface area contributed by atoms with E-state index in [0.717, 1.165) is 66.8 Å². The highest BCUT2D eigenvalue weighted by molar-refractivity contribution is 5.88. The molecule has 0 saturated carbocycles. The second-order valence-corrected chi connectivity index (χ2v) is 9.07. The van der Waals surface area contributed by atoms with Gasteiger partial charge in [0, 0.05) is 55.4 Å². The Bertz CT molecular complexity index is 1450. The normalized spacial score (nSPS) is 14.6. The van der Waals surface area contributed by atoms with Gasteiger partial charge in [-0.2, -0.15) is 9.61 Å². The minimum absolute atomic E-state index is 0.687. The lowest BCUT2D eigenvalue weighted by molar-refractivity contribution is 0.201. The summed E-state index contributed by atoms with van der Waals surface area (Å²) in [5.41, 5.74) is 4.13. The minimum atomic E-state index is 0.687.